The van der Waals surface area contributed by atoms with Crippen molar-refractivity contribution in [2.24, 2.45) is 0 Å². The Balaban J connectivity index is 1.35. The Hall–Kier alpha value is -3.24. The second kappa shape index (κ2) is 9.90. The summed E-state index contributed by atoms with van der Waals surface area (Å²) >= 11 is 7.04. The van der Waals surface area contributed by atoms with Crippen LogP contribution >= 0.6 is 22.9 Å². The number of rotatable bonds is 9. The van der Waals surface area contributed by atoms with Crippen molar-refractivity contribution in [3.63, 3.8) is 0 Å². The number of anilines is 1. The van der Waals surface area contributed by atoms with Crippen molar-refractivity contribution < 1.29 is 18.3 Å². The summed E-state index contributed by atoms with van der Waals surface area (Å²) in [7, 11) is -2.11. The third kappa shape index (κ3) is 5.26. The van der Waals surface area contributed by atoms with Crippen molar-refractivity contribution in [3.05, 3.63) is 101 Å². The number of hydrogen-bond donors (Lipinski definition) is 2. The van der Waals surface area contributed by atoms with E-state index in [1.165, 1.54) is 6.07 Å². The molecule has 5 rings (SSSR count). The van der Waals surface area contributed by atoms with Crippen LogP contribution in [0.4, 0.5) is 5.69 Å². The van der Waals surface area contributed by atoms with Crippen molar-refractivity contribution in [2.45, 2.75) is 28.6 Å². The summed E-state index contributed by atoms with van der Waals surface area (Å²) in [5, 5.41) is 10.7. The molecule has 2 aromatic heterocycles. The molecule has 0 aliphatic heterocycles. The highest BCUT2D eigenvalue weighted by Crippen LogP contribution is 2.53. The number of carboxylic acid groups (broad SMARTS) is 1. The van der Waals surface area contributed by atoms with Crippen LogP contribution in [-0.4, -0.2) is 37.1 Å². The molecular weight excluding hydrogens is 530 g/mol. The highest BCUT2D eigenvalue weighted by Gasteiger charge is 2.63. The first-order valence-corrected chi connectivity index (χ1v) is 14.2. The van der Waals surface area contributed by atoms with Crippen molar-refractivity contribution in [2.75, 3.05) is 11.9 Å². The minimum absolute atomic E-state index is 0.0636. The lowest BCUT2D eigenvalue weighted by Crippen LogP contribution is -2.44. The number of hydrogen-bond acceptors (Lipinski definition) is 6. The van der Waals surface area contributed by atoms with Crippen LogP contribution in [-0.2, 0) is 21.4 Å². The lowest BCUT2D eigenvalue weighted by Gasteiger charge is -2.20. The van der Waals surface area contributed by atoms with Crippen LogP contribution < -0.4 is 9.62 Å². The average Bonchev–Trinajstić information content (AvgIpc) is 3.38. The summed E-state index contributed by atoms with van der Waals surface area (Å²) in [4.78, 5) is 19.3. The summed E-state index contributed by atoms with van der Waals surface area (Å²) in [5.41, 5.74) is 1.96. The number of nitrogens with one attached hydrogen (secondary N) is 1. The lowest BCUT2D eigenvalue weighted by molar-refractivity contribution is -0.140. The van der Waals surface area contributed by atoms with Crippen LogP contribution in [0, 0.1) is 0 Å². The zero-order valence-corrected chi connectivity index (χ0v) is 22.2. The number of pyridine rings is 1. The fraction of sp³-hybridized carbons (Fsp3) is 0.185. The zero-order valence-electron chi connectivity index (χ0n) is 19.8. The van der Waals surface area contributed by atoms with Crippen LogP contribution in [0.3, 0.4) is 0 Å². The van der Waals surface area contributed by atoms with Gasteiger partial charge in [-0.05, 0) is 65.6 Å². The summed E-state index contributed by atoms with van der Waals surface area (Å²) < 4.78 is 29.1. The first-order chi connectivity index (χ1) is 17.7. The summed E-state index contributed by atoms with van der Waals surface area (Å²) in [6, 6.07) is 21.7. The van der Waals surface area contributed by atoms with E-state index in [9.17, 15) is 18.3 Å². The Morgan fingerprint density at radius 3 is 2.65 bits per heavy atom. The van der Waals surface area contributed by atoms with E-state index in [1.54, 1.807) is 30.6 Å². The molecule has 37 heavy (non-hydrogen) atoms. The van der Waals surface area contributed by atoms with Crippen LogP contribution in [0.1, 0.15) is 23.5 Å². The molecule has 4 aromatic rings. The van der Waals surface area contributed by atoms with Crippen LogP contribution in [0.15, 0.2) is 89.4 Å². The van der Waals surface area contributed by atoms with Crippen LogP contribution in [0.2, 0.25) is 5.02 Å². The molecule has 2 N–H and O–H groups in total. The van der Waals surface area contributed by atoms with Gasteiger partial charge in [0.2, 0.25) is 0 Å². The Morgan fingerprint density at radius 2 is 1.95 bits per heavy atom. The fourth-order valence-electron chi connectivity index (χ4n) is 4.42. The average molecular weight is 554 g/mol. The number of sulfonamides is 1. The second-order valence-corrected chi connectivity index (χ2v) is 12.5. The number of aliphatic carboxylic acids is 1. The van der Waals surface area contributed by atoms with E-state index in [1.807, 2.05) is 60.5 Å². The summed E-state index contributed by atoms with van der Waals surface area (Å²) in [5.74, 6) is -1.67. The Bertz CT molecular complexity index is 1540. The SMILES string of the molecule is CN(Cc1cccnc1)c1cccc([C@@H]2C[C@@]2(NS(=O)(=O)c2ccc(-c3ccc(Cl)cc3)s2)C(=O)O)c1. The monoisotopic (exact) mass is 553 g/mol. The third-order valence-electron chi connectivity index (χ3n) is 6.49. The number of aromatic nitrogens is 1. The predicted molar refractivity (Wildman–Crippen MR) is 146 cm³/mol. The molecule has 0 spiro atoms. The fourth-order valence-corrected chi connectivity index (χ4v) is 7.26. The van der Waals surface area contributed by atoms with Crippen LogP contribution in [0.5, 0.6) is 0 Å². The van der Waals surface area contributed by atoms with Crippen molar-refractivity contribution in [1.29, 1.82) is 0 Å². The lowest BCUT2D eigenvalue weighted by atomic mass is 10.1. The minimum atomic E-state index is -4.06. The van der Waals surface area contributed by atoms with E-state index in [-0.39, 0.29) is 10.6 Å². The molecular formula is C27H24ClN3O4S2. The van der Waals surface area contributed by atoms with Gasteiger partial charge in [-0.1, -0.05) is 41.9 Å². The topological polar surface area (TPSA) is 99.6 Å². The second-order valence-electron chi connectivity index (χ2n) is 9.08. The molecule has 2 atom stereocenters. The first-order valence-electron chi connectivity index (χ1n) is 11.5. The van der Waals surface area contributed by atoms with Gasteiger partial charge in [-0.2, -0.15) is 4.72 Å². The molecule has 0 saturated heterocycles. The molecule has 0 bridgehead atoms. The van der Waals surface area contributed by atoms with Gasteiger partial charge in [-0.25, -0.2) is 8.42 Å². The van der Waals surface area contributed by atoms with Gasteiger partial charge in [-0.15, -0.1) is 11.3 Å². The van der Waals surface area contributed by atoms with Gasteiger partial charge >= 0.3 is 5.97 Å². The maximum Gasteiger partial charge on any atom is 0.325 e. The Morgan fingerprint density at radius 1 is 1.16 bits per heavy atom. The van der Waals surface area contributed by atoms with Gasteiger partial charge in [0.1, 0.15) is 9.75 Å². The molecule has 0 amide bonds. The number of thiophene rings is 1. The van der Waals surface area contributed by atoms with E-state index in [2.05, 4.69) is 9.71 Å². The van der Waals surface area contributed by atoms with Gasteiger partial charge in [0, 0.05) is 47.5 Å². The molecule has 2 aromatic carbocycles. The zero-order chi connectivity index (χ0) is 26.2. The van der Waals surface area contributed by atoms with Gasteiger partial charge in [0.05, 0.1) is 0 Å². The Kier molecular flexibility index (Phi) is 6.80. The van der Waals surface area contributed by atoms with E-state index in [0.717, 1.165) is 38.6 Å². The number of nitrogens with zero attached hydrogens (tertiary/aromatic N) is 2. The van der Waals surface area contributed by atoms with Crippen molar-refractivity contribution >= 4 is 44.6 Å². The van der Waals surface area contributed by atoms with E-state index in [0.29, 0.717) is 11.6 Å². The molecule has 190 valence electrons. The molecule has 0 radical (unpaired) electrons. The summed E-state index contributed by atoms with van der Waals surface area (Å²) in [6.07, 6.45) is 3.69. The molecule has 1 saturated carbocycles. The maximum atomic E-state index is 13.2. The number of benzene rings is 2. The third-order valence-corrected chi connectivity index (χ3v) is 9.88. The molecule has 0 unspecified atom stereocenters. The highest BCUT2D eigenvalue weighted by atomic mass is 35.5. The summed E-state index contributed by atoms with van der Waals surface area (Å²) in [6.45, 7) is 0.632. The van der Waals surface area contributed by atoms with E-state index >= 15 is 0 Å². The number of carbonyl (C=O) groups is 1. The molecule has 10 heteroatoms. The highest BCUT2D eigenvalue weighted by molar-refractivity contribution is 7.91. The Labute approximate surface area is 224 Å². The standard InChI is InChI=1S/C27H24ClN3O4S2/c1-31(17-18-4-3-13-29-16-18)22-6-2-5-20(14-22)23-15-27(23,26(32)33)30-37(34,35)25-12-11-24(36-25)19-7-9-21(28)10-8-19/h2-14,16,23,30H,15,17H2,1H3,(H,32,33)/t23-,27-/m0/s1. The van der Waals surface area contributed by atoms with Gasteiger partial charge in [0.25, 0.3) is 10.0 Å². The molecule has 2 heterocycles. The largest absolute Gasteiger partial charge is 0.480 e. The molecule has 1 fully saturated rings. The normalized spacial score (nSPS) is 18.9. The van der Waals surface area contributed by atoms with E-state index in [4.69, 9.17) is 11.6 Å². The molecule has 1 aliphatic rings. The molecule has 1 aliphatic carbocycles. The van der Waals surface area contributed by atoms with Gasteiger partial charge in [-0.3, -0.25) is 9.78 Å². The van der Waals surface area contributed by atoms with Gasteiger partial charge < -0.3 is 10.0 Å². The van der Waals surface area contributed by atoms with Gasteiger partial charge in [0.15, 0.2) is 0 Å². The minimum Gasteiger partial charge on any atom is -0.480 e. The number of carboxylic acids is 1. The first kappa shape index (κ1) is 25.4. The van der Waals surface area contributed by atoms with Crippen molar-refractivity contribution in [3.8, 4) is 10.4 Å². The van der Waals surface area contributed by atoms with Crippen molar-refractivity contribution in [1.82, 2.24) is 9.71 Å². The van der Waals surface area contributed by atoms with Crippen LogP contribution in [0.25, 0.3) is 10.4 Å². The molecule has 7 nitrogen and oxygen atoms in total. The quantitative estimate of drug-likeness (QED) is 0.288. The predicted octanol–water partition coefficient (Wildman–Crippen LogP) is 5.39. The smallest absolute Gasteiger partial charge is 0.325 e. The number of halogens is 1. The maximum absolute atomic E-state index is 13.2. The van der Waals surface area contributed by atoms with E-state index < -0.39 is 27.4 Å².